The van der Waals surface area contributed by atoms with Gasteiger partial charge in [-0.3, -0.25) is 0 Å². The molecule has 0 spiro atoms. The molecule has 1 aliphatic heterocycles. The van der Waals surface area contributed by atoms with E-state index < -0.39 is 0 Å². The van der Waals surface area contributed by atoms with Gasteiger partial charge in [0.25, 0.3) is 0 Å². The van der Waals surface area contributed by atoms with Gasteiger partial charge >= 0.3 is 6.03 Å². The van der Waals surface area contributed by atoms with E-state index in [0.717, 1.165) is 56.0 Å². The number of nitrogens with one attached hydrogen (secondary N) is 2. The van der Waals surface area contributed by atoms with Gasteiger partial charge in [0.15, 0.2) is 0 Å². The number of hydrogen-bond donors (Lipinski definition) is 2. The van der Waals surface area contributed by atoms with Crippen molar-refractivity contribution in [3.8, 4) is 0 Å². The van der Waals surface area contributed by atoms with Crippen LogP contribution in [0, 0.1) is 0 Å². The van der Waals surface area contributed by atoms with Crippen LogP contribution in [0.15, 0.2) is 24.3 Å². The Kier molecular flexibility index (Phi) is 4.69. The summed E-state index contributed by atoms with van der Waals surface area (Å²) in [7, 11) is 0. The molecule has 2 heterocycles. The van der Waals surface area contributed by atoms with Crippen molar-refractivity contribution in [2.75, 3.05) is 31.1 Å². The van der Waals surface area contributed by atoms with Crippen LogP contribution in [0.1, 0.15) is 26.7 Å². The van der Waals surface area contributed by atoms with Crippen LogP contribution in [0.4, 0.5) is 10.7 Å². The second-order valence-electron chi connectivity index (χ2n) is 6.01. The van der Waals surface area contributed by atoms with E-state index in [4.69, 9.17) is 0 Å². The third-order valence-corrected chi connectivity index (χ3v) is 4.56. The molecule has 6 nitrogen and oxygen atoms in total. The molecule has 0 saturated carbocycles. The Balaban J connectivity index is 1.58. The summed E-state index contributed by atoms with van der Waals surface area (Å²) in [6, 6.07) is 8.37. The molecule has 2 aromatic rings. The third kappa shape index (κ3) is 3.41. The predicted molar refractivity (Wildman–Crippen MR) is 92.8 cm³/mol. The fourth-order valence-corrected chi connectivity index (χ4v) is 2.97. The Bertz CT molecular complexity index is 623. The Hall–Kier alpha value is -2.24. The van der Waals surface area contributed by atoms with E-state index in [9.17, 15) is 4.79 Å². The standard InChI is InChI=1S/C17H25N5O/c1-3-13(4-2)18-17(23)22-11-9-21(10-12-22)16-19-14-7-5-6-8-15(14)20-16/h5-8,13H,3-4,9-12H2,1-2H3,(H,18,23)(H,19,20). The summed E-state index contributed by atoms with van der Waals surface area (Å²) < 4.78 is 0. The molecule has 6 heteroatoms. The lowest BCUT2D eigenvalue weighted by atomic mass is 10.2. The van der Waals surface area contributed by atoms with Crippen LogP contribution >= 0.6 is 0 Å². The van der Waals surface area contributed by atoms with E-state index in [0.29, 0.717) is 0 Å². The van der Waals surface area contributed by atoms with Gasteiger partial charge in [0.1, 0.15) is 0 Å². The number of imidazole rings is 1. The number of aromatic nitrogens is 2. The topological polar surface area (TPSA) is 64.3 Å². The largest absolute Gasteiger partial charge is 0.339 e. The average molecular weight is 315 g/mol. The van der Waals surface area contributed by atoms with Crippen LogP contribution < -0.4 is 10.2 Å². The molecule has 1 aromatic heterocycles. The molecule has 2 amide bonds. The minimum Gasteiger partial charge on any atom is -0.339 e. The predicted octanol–water partition coefficient (Wildman–Crippen LogP) is 2.58. The van der Waals surface area contributed by atoms with Crippen molar-refractivity contribution in [1.29, 1.82) is 0 Å². The summed E-state index contributed by atoms with van der Waals surface area (Å²) in [4.78, 5) is 24.4. The first kappa shape index (κ1) is 15.6. The highest BCUT2D eigenvalue weighted by molar-refractivity contribution is 5.78. The van der Waals surface area contributed by atoms with Crippen LogP contribution in [-0.2, 0) is 0 Å². The lowest BCUT2D eigenvalue weighted by molar-refractivity contribution is 0.189. The summed E-state index contributed by atoms with van der Waals surface area (Å²) in [5.41, 5.74) is 2.04. The molecule has 2 N–H and O–H groups in total. The van der Waals surface area contributed by atoms with E-state index in [1.165, 1.54) is 0 Å². The van der Waals surface area contributed by atoms with Crippen LogP contribution in [0.3, 0.4) is 0 Å². The highest BCUT2D eigenvalue weighted by Crippen LogP contribution is 2.18. The van der Waals surface area contributed by atoms with E-state index in [1.807, 2.05) is 29.2 Å². The Morgan fingerprint density at radius 2 is 1.91 bits per heavy atom. The molecular weight excluding hydrogens is 290 g/mol. The van der Waals surface area contributed by atoms with Gasteiger partial charge in [-0.1, -0.05) is 26.0 Å². The van der Waals surface area contributed by atoms with Gasteiger partial charge in [-0.2, -0.15) is 0 Å². The van der Waals surface area contributed by atoms with Gasteiger partial charge in [0.2, 0.25) is 5.95 Å². The number of carbonyl (C=O) groups is 1. The first-order valence-corrected chi connectivity index (χ1v) is 8.46. The zero-order valence-electron chi connectivity index (χ0n) is 13.9. The monoisotopic (exact) mass is 315 g/mol. The Morgan fingerprint density at radius 1 is 1.22 bits per heavy atom. The minimum atomic E-state index is 0.0583. The molecule has 0 atom stereocenters. The van der Waals surface area contributed by atoms with Crippen molar-refractivity contribution in [2.24, 2.45) is 0 Å². The number of nitrogens with zero attached hydrogens (tertiary/aromatic N) is 3. The molecular formula is C17H25N5O. The molecule has 23 heavy (non-hydrogen) atoms. The first-order valence-electron chi connectivity index (χ1n) is 8.46. The van der Waals surface area contributed by atoms with Gasteiger partial charge in [-0.15, -0.1) is 0 Å². The second-order valence-corrected chi connectivity index (χ2v) is 6.01. The molecule has 1 aromatic carbocycles. The Labute approximate surface area is 136 Å². The van der Waals surface area contributed by atoms with Crippen molar-refractivity contribution >= 4 is 23.0 Å². The number of piperazine rings is 1. The lowest BCUT2D eigenvalue weighted by Crippen LogP contribution is -2.53. The molecule has 3 rings (SSSR count). The maximum Gasteiger partial charge on any atom is 0.317 e. The van der Waals surface area contributed by atoms with E-state index >= 15 is 0 Å². The van der Waals surface area contributed by atoms with Crippen molar-refractivity contribution in [2.45, 2.75) is 32.7 Å². The number of aromatic amines is 1. The summed E-state index contributed by atoms with van der Waals surface area (Å²) in [5.74, 6) is 0.895. The summed E-state index contributed by atoms with van der Waals surface area (Å²) >= 11 is 0. The maximum absolute atomic E-state index is 12.3. The fourth-order valence-electron chi connectivity index (χ4n) is 2.97. The van der Waals surface area contributed by atoms with Gasteiger partial charge in [0.05, 0.1) is 11.0 Å². The number of para-hydroxylation sites is 2. The van der Waals surface area contributed by atoms with Gasteiger partial charge in [-0.25, -0.2) is 9.78 Å². The maximum atomic E-state index is 12.3. The molecule has 0 unspecified atom stereocenters. The van der Waals surface area contributed by atoms with Gasteiger partial charge in [-0.05, 0) is 25.0 Å². The smallest absolute Gasteiger partial charge is 0.317 e. The molecule has 0 radical (unpaired) electrons. The number of amides is 2. The fraction of sp³-hybridized carbons (Fsp3) is 0.529. The molecule has 0 aliphatic carbocycles. The summed E-state index contributed by atoms with van der Waals surface area (Å²) in [6.45, 7) is 7.26. The van der Waals surface area contributed by atoms with E-state index in [1.54, 1.807) is 0 Å². The van der Waals surface area contributed by atoms with Crippen LogP contribution in [-0.4, -0.2) is 53.1 Å². The number of hydrogen-bond acceptors (Lipinski definition) is 3. The second kappa shape index (κ2) is 6.89. The zero-order chi connectivity index (χ0) is 16.2. The highest BCUT2D eigenvalue weighted by Gasteiger charge is 2.23. The van der Waals surface area contributed by atoms with Crippen molar-refractivity contribution in [3.05, 3.63) is 24.3 Å². The van der Waals surface area contributed by atoms with E-state index in [2.05, 4.69) is 34.0 Å². The first-order chi connectivity index (χ1) is 11.2. The number of carbonyl (C=O) groups excluding carboxylic acids is 1. The van der Waals surface area contributed by atoms with Crippen LogP contribution in [0.2, 0.25) is 0 Å². The highest BCUT2D eigenvalue weighted by atomic mass is 16.2. The van der Waals surface area contributed by atoms with Crippen molar-refractivity contribution in [1.82, 2.24) is 20.2 Å². The minimum absolute atomic E-state index is 0.0583. The summed E-state index contributed by atoms with van der Waals surface area (Å²) in [6.07, 6.45) is 1.95. The number of H-pyrrole nitrogens is 1. The number of fused-ring (bicyclic) bond motifs is 1. The van der Waals surface area contributed by atoms with Crippen LogP contribution in [0.5, 0.6) is 0 Å². The zero-order valence-corrected chi connectivity index (χ0v) is 13.9. The Morgan fingerprint density at radius 3 is 2.57 bits per heavy atom. The average Bonchev–Trinajstić information content (AvgIpc) is 3.03. The van der Waals surface area contributed by atoms with Gasteiger partial charge in [0, 0.05) is 32.2 Å². The third-order valence-electron chi connectivity index (χ3n) is 4.56. The van der Waals surface area contributed by atoms with Crippen molar-refractivity contribution < 1.29 is 4.79 Å². The lowest BCUT2D eigenvalue weighted by Gasteiger charge is -2.35. The van der Waals surface area contributed by atoms with Crippen LogP contribution in [0.25, 0.3) is 11.0 Å². The molecule has 1 saturated heterocycles. The number of urea groups is 1. The molecule has 1 aliphatic rings. The number of rotatable bonds is 4. The van der Waals surface area contributed by atoms with Crippen molar-refractivity contribution in [3.63, 3.8) is 0 Å². The van der Waals surface area contributed by atoms with Gasteiger partial charge < -0.3 is 20.1 Å². The number of anilines is 1. The molecule has 1 fully saturated rings. The quantitative estimate of drug-likeness (QED) is 0.911. The molecule has 0 bridgehead atoms. The van der Waals surface area contributed by atoms with E-state index in [-0.39, 0.29) is 12.1 Å². The normalized spacial score (nSPS) is 15.4. The summed E-state index contributed by atoms with van der Waals surface area (Å²) in [5, 5.41) is 3.11. The molecule has 124 valence electrons. The number of benzene rings is 1. The SMILES string of the molecule is CCC(CC)NC(=O)N1CCN(c2nc3ccccc3[nH]2)CC1.